The predicted octanol–water partition coefficient (Wildman–Crippen LogP) is 3.37. The lowest BCUT2D eigenvalue weighted by atomic mass is 9.44. The number of Topliss-reactive ketones (excluding diaryl/α,β-unsaturated/α-hetero) is 1. The summed E-state index contributed by atoms with van der Waals surface area (Å²) in [6, 6.07) is 0. The van der Waals surface area contributed by atoms with Crippen LogP contribution >= 0.6 is 0 Å². The molecule has 0 amide bonds. The normalized spacial score (nSPS) is 43.3. The number of fused-ring (bicyclic) bond motifs is 5. The van der Waals surface area contributed by atoms with Crippen molar-refractivity contribution in [1.82, 2.24) is 0 Å². The molecule has 0 aliphatic heterocycles. The van der Waals surface area contributed by atoms with Crippen LogP contribution in [0.4, 0.5) is 0 Å². The number of rotatable bonds is 5. The van der Waals surface area contributed by atoms with Gasteiger partial charge in [0.2, 0.25) is 0 Å². The first-order valence-corrected chi connectivity index (χ1v) is 13.0. The van der Waals surface area contributed by atoms with Gasteiger partial charge in [-0.05, 0) is 68.1 Å². The summed E-state index contributed by atoms with van der Waals surface area (Å²) < 4.78 is 16.2. The van der Waals surface area contributed by atoms with Gasteiger partial charge in [-0.3, -0.25) is 19.2 Å². The highest BCUT2D eigenvalue weighted by Crippen LogP contribution is 2.68. The van der Waals surface area contributed by atoms with E-state index in [1.54, 1.807) is 0 Å². The fraction of sp³-hybridized carbons (Fsp3) is 0.852. The van der Waals surface area contributed by atoms with E-state index < -0.39 is 29.1 Å². The Kier molecular flexibility index (Phi) is 6.84. The van der Waals surface area contributed by atoms with Crippen molar-refractivity contribution < 1.29 is 38.5 Å². The Morgan fingerprint density at radius 1 is 1.00 bits per heavy atom. The fourth-order valence-corrected chi connectivity index (χ4v) is 8.60. The zero-order valence-electron chi connectivity index (χ0n) is 21.6. The van der Waals surface area contributed by atoms with Crippen molar-refractivity contribution in [3.8, 4) is 0 Å². The third-order valence-corrected chi connectivity index (χ3v) is 10.1. The summed E-state index contributed by atoms with van der Waals surface area (Å²) in [7, 11) is 0. The number of hydrogen-bond acceptors (Lipinski definition) is 8. The van der Waals surface area contributed by atoms with Crippen LogP contribution in [0.15, 0.2) is 0 Å². The molecule has 4 aliphatic carbocycles. The first-order chi connectivity index (χ1) is 16.3. The second kappa shape index (κ2) is 9.16. The van der Waals surface area contributed by atoms with Gasteiger partial charge in [-0.2, -0.15) is 0 Å². The molecular weight excluding hydrogens is 452 g/mol. The molecular formula is C27H40O8. The molecule has 0 unspecified atom stereocenters. The van der Waals surface area contributed by atoms with Crippen molar-refractivity contribution in [2.45, 2.75) is 104 Å². The Hall–Kier alpha value is -1.96. The van der Waals surface area contributed by atoms with Crippen molar-refractivity contribution in [1.29, 1.82) is 0 Å². The SMILES string of the molecule is CC(=O)OC[C@@H](OC(C)=O)[C@@]1(O)CC[C@H]2[C@@H]3CC[C@H]4C[C@H](OC(C)=O)CC[C@]4(C)[C@H]3C(=O)C[C@@]21C. The van der Waals surface area contributed by atoms with Crippen molar-refractivity contribution in [2.75, 3.05) is 6.61 Å². The van der Waals surface area contributed by atoms with Gasteiger partial charge in [0.05, 0.1) is 0 Å². The van der Waals surface area contributed by atoms with Crippen LogP contribution < -0.4 is 0 Å². The third-order valence-electron chi connectivity index (χ3n) is 10.1. The molecule has 4 rings (SSSR count). The average molecular weight is 493 g/mol. The second-order valence-electron chi connectivity index (χ2n) is 12.0. The van der Waals surface area contributed by atoms with Gasteiger partial charge in [0.15, 0.2) is 6.10 Å². The van der Waals surface area contributed by atoms with Gasteiger partial charge in [0.1, 0.15) is 24.1 Å². The third kappa shape index (κ3) is 4.30. The molecule has 0 spiro atoms. The number of carbonyl (C=O) groups is 4. The fourth-order valence-electron chi connectivity index (χ4n) is 8.60. The number of aliphatic hydroxyl groups is 1. The minimum absolute atomic E-state index is 0.0755. The second-order valence-corrected chi connectivity index (χ2v) is 12.0. The van der Waals surface area contributed by atoms with Gasteiger partial charge < -0.3 is 19.3 Å². The summed E-state index contributed by atoms with van der Waals surface area (Å²) >= 11 is 0. The summed E-state index contributed by atoms with van der Waals surface area (Å²) in [4.78, 5) is 48.8. The van der Waals surface area contributed by atoms with E-state index in [2.05, 4.69) is 6.92 Å². The van der Waals surface area contributed by atoms with E-state index in [1.807, 2.05) is 6.92 Å². The summed E-state index contributed by atoms with van der Waals surface area (Å²) in [6.45, 7) is 7.96. The van der Waals surface area contributed by atoms with Gasteiger partial charge in [-0.25, -0.2) is 0 Å². The molecule has 0 aromatic rings. The lowest BCUT2D eigenvalue weighted by Gasteiger charge is -2.61. The maximum atomic E-state index is 13.9. The molecule has 4 fully saturated rings. The molecule has 0 heterocycles. The van der Waals surface area contributed by atoms with E-state index in [-0.39, 0.29) is 54.1 Å². The monoisotopic (exact) mass is 492 g/mol. The van der Waals surface area contributed by atoms with E-state index in [0.29, 0.717) is 12.3 Å². The summed E-state index contributed by atoms with van der Waals surface area (Å²) in [5.41, 5.74) is -2.38. The molecule has 0 bridgehead atoms. The smallest absolute Gasteiger partial charge is 0.303 e. The lowest BCUT2D eigenvalue weighted by Crippen LogP contribution is -2.63. The largest absolute Gasteiger partial charge is 0.463 e. The molecule has 0 saturated heterocycles. The van der Waals surface area contributed by atoms with Gasteiger partial charge >= 0.3 is 17.9 Å². The van der Waals surface area contributed by atoms with Crippen LogP contribution in [0.2, 0.25) is 0 Å². The molecule has 35 heavy (non-hydrogen) atoms. The van der Waals surface area contributed by atoms with E-state index in [0.717, 1.165) is 38.5 Å². The topological polar surface area (TPSA) is 116 Å². The Bertz CT molecular complexity index is 900. The molecule has 0 radical (unpaired) electrons. The number of esters is 3. The van der Waals surface area contributed by atoms with E-state index >= 15 is 0 Å². The summed E-state index contributed by atoms with van der Waals surface area (Å²) in [5, 5.41) is 12.0. The zero-order chi connectivity index (χ0) is 25.8. The summed E-state index contributed by atoms with van der Waals surface area (Å²) in [6.07, 6.45) is 4.51. The Morgan fingerprint density at radius 3 is 2.34 bits per heavy atom. The molecule has 4 aliphatic rings. The molecule has 9 atom stereocenters. The van der Waals surface area contributed by atoms with Crippen molar-refractivity contribution in [3.05, 3.63) is 0 Å². The molecule has 8 heteroatoms. The maximum Gasteiger partial charge on any atom is 0.303 e. The van der Waals surface area contributed by atoms with Crippen LogP contribution in [0.25, 0.3) is 0 Å². The minimum atomic E-state index is -1.45. The molecule has 0 aromatic carbocycles. The molecule has 4 saturated carbocycles. The van der Waals surface area contributed by atoms with Crippen LogP contribution in [0, 0.1) is 34.5 Å². The van der Waals surface area contributed by atoms with Gasteiger partial charge in [0, 0.05) is 38.5 Å². The lowest BCUT2D eigenvalue weighted by molar-refractivity contribution is -0.211. The Balaban J connectivity index is 1.60. The van der Waals surface area contributed by atoms with Crippen LogP contribution in [0.3, 0.4) is 0 Å². The first-order valence-electron chi connectivity index (χ1n) is 13.0. The van der Waals surface area contributed by atoms with Crippen LogP contribution in [-0.2, 0) is 33.4 Å². The number of ketones is 1. The molecule has 8 nitrogen and oxygen atoms in total. The average Bonchev–Trinajstić information content (AvgIpc) is 3.01. The van der Waals surface area contributed by atoms with Gasteiger partial charge in [0.25, 0.3) is 0 Å². The maximum absolute atomic E-state index is 13.9. The number of hydrogen-bond donors (Lipinski definition) is 1. The van der Waals surface area contributed by atoms with Crippen LogP contribution in [-0.4, -0.2) is 53.2 Å². The van der Waals surface area contributed by atoms with Gasteiger partial charge in [-0.1, -0.05) is 13.8 Å². The number of ether oxygens (including phenoxy) is 3. The Labute approximate surface area is 207 Å². The summed E-state index contributed by atoms with van der Waals surface area (Å²) in [5.74, 6) is -0.655. The molecule has 0 aromatic heterocycles. The highest BCUT2D eigenvalue weighted by Gasteiger charge is 2.69. The van der Waals surface area contributed by atoms with Crippen LogP contribution in [0.5, 0.6) is 0 Å². The van der Waals surface area contributed by atoms with E-state index in [4.69, 9.17) is 14.2 Å². The zero-order valence-corrected chi connectivity index (χ0v) is 21.6. The van der Waals surface area contributed by atoms with Gasteiger partial charge in [-0.15, -0.1) is 0 Å². The van der Waals surface area contributed by atoms with Crippen molar-refractivity contribution in [3.63, 3.8) is 0 Å². The Morgan fingerprint density at radius 2 is 1.71 bits per heavy atom. The number of carbonyl (C=O) groups excluding carboxylic acids is 4. The first kappa shape index (κ1) is 26.1. The highest BCUT2D eigenvalue weighted by molar-refractivity contribution is 5.84. The quantitative estimate of drug-likeness (QED) is 0.459. The highest BCUT2D eigenvalue weighted by atomic mass is 16.6. The molecule has 196 valence electrons. The standard InChI is InChI=1S/C27H40O8/c1-15(28)33-14-23(35-17(3)30)27(32)11-9-21-20-7-6-18-12-19(34-16(2)29)8-10-25(18,4)24(20)22(31)13-26(21,27)5/h18-21,23-24,32H,6-14H2,1-5H3/t18-,19+,20-,21-,23+,24+,25-,26-,27-/m0/s1. The van der Waals surface area contributed by atoms with E-state index in [1.165, 1.54) is 20.8 Å². The minimum Gasteiger partial charge on any atom is -0.463 e. The predicted molar refractivity (Wildman–Crippen MR) is 125 cm³/mol. The molecule has 1 N–H and O–H groups in total. The van der Waals surface area contributed by atoms with Crippen molar-refractivity contribution in [2.24, 2.45) is 34.5 Å². The van der Waals surface area contributed by atoms with Crippen molar-refractivity contribution >= 4 is 23.7 Å². The van der Waals surface area contributed by atoms with Crippen LogP contribution in [0.1, 0.15) is 86.0 Å². The van der Waals surface area contributed by atoms with E-state index in [9.17, 15) is 24.3 Å².